The van der Waals surface area contributed by atoms with Gasteiger partial charge in [-0.3, -0.25) is 15.6 Å². The molecule has 120 valence electrons. The number of anilines is 1. The lowest BCUT2D eigenvalue weighted by atomic mass is 9.99. The Hall–Kier alpha value is -2.11. The maximum absolute atomic E-state index is 11.9. The summed E-state index contributed by atoms with van der Waals surface area (Å²) >= 11 is 3.36. The lowest BCUT2D eigenvalue weighted by molar-refractivity contribution is -0.120. The predicted octanol–water partition coefficient (Wildman–Crippen LogP) is 3.96. The first kappa shape index (κ1) is 17.2. The summed E-state index contributed by atoms with van der Waals surface area (Å²) in [5.41, 5.74) is 7.67. The Morgan fingerprint density at radius 1 is 1.13 bits per heavy atom. The van der Waals surface area contributed by atoms with E-state index in [1.165, 1.54) is 0 Å². The topological polar surface area (TPSA) is 61.4 Å². The molecule has 1 amide bonds. The number of rotatable bonds is 7. The van der Waals surface area contributed by atoms with Gasteiger partial charge in [0.05, 0.1) is 11.8 Å². The van der Waals surface area contributed by atoms with Crippen molar-refractivity contribution < 1.29 is 9.90 Å². The lowest BCUT2D eigenvalue weighted by Gasteiger charge is -2.14. The Kier molecular flexibility index (Phi) is 6.38. The largest absolute Gasteiger partial charge is 0.384 e. The molecule has 0 aromatic heterocycles. The summed E-state index contributed by atoms with van der Waals surface area (Å²) in [6.45, 7) is 3.88. The fourth-order valence-corrected chi connectivity index (χ4v) is 2.45. The first-order chi connectivity index (χ1) is 11.1. The third kappa shape index (κ3) is 5.54. The van der Waals surface area contributed by atoms with Crippen LogP contribution in [0.1, 0.15) is 24.5 Å². The van der Waals surface area contributed by atoms with Gasteiger partial charge < -0.3 is 5.11 Å². The van der Waals surface area contributed by atoms with Crippen molar-refractivity contribution in [3.63, 3.8) is 0 Å². The van der Waals surface area contributed by atoms with Gasteiger partial charge in [-0.15, -0.1) is 0 Å². The van der Waals surface area contributed by atoms with Gasteiger partial charge in [-0.1, -0.05) is 58.9 Å². The van der Waals surface area contributed by atoms with E-state index >= 15 is 0 Å². The zero-order valence-corrected chi connectivity index (χ0v) is 14.2. The molecule has 0 saturated carbocycles. The minimum Gasteiger partial charge on any atom is -0.384 e. The molecule has 0 radical (unpaired) electrons. The van der Waals surface area contributed by atoms with E-state index in [-0.39, 0.29) is 12.3 Å². The summed E-state index contributed by atoms with van der Waals surface area (Å²) in [7, 11) is 0. The molecule has 1 atom stereocenters. The van der Waals surface area contributed by atoms with Crippen molar-refractivity contribution in [1.82, 2.24) is 5.43 Å². The number of nitrogens with one attached hydrogen (secondary N) is 2. The van der Waals surface area contributed by atoms with Crippen LogP contribution in [0.5, 0.6) is 0 Å². The zero-order valence-electron chi connectivity index (χ0n) is 12.6. The van der Waals surface area contributed by atoms with E-state index in [2.05, 4.69) is 33.4 Å². The van der Waals surface area contributed by atoms with Crippen molar-refractivity contribution >= 4 is 27.5 Å². The van der Waals surface area contributed by atoms with E-state index in [0.29, 0.717) is 12.0 Å². The number of aliphatic hydroxyl groups excluding tert-OH is 1. The second kappa shape index (κ2) is 8.50. The van der Waals surface area contributed by atoms with Crippen LogP contribution < -0.4 is 10.9 Å². The van der Waals surface area contributed by atoms with Crippen LogP contribution in [0.25, 0.3) is 0 Å². The van der Waals surface area contributed by atoms with Gasteiger partial charge in [-0.25, -0.2) is 0 Å². The Labute approximate surface area is 144 Å². The summed E-state index contributed by atoms with van der Waals surface area (Å²) in [6.07, 6.45) is -0.0757. The number of halogens is 1. The van der Waals surface area contributed by atoms with Gasteiger partial charge in [0.1, 0.15) is 0 Å². The van der Waals surface area contributed by atoms with Crippen molar-refractivity contribution in [2.24, 2.45) is 0 Å². The van der Waals surface area contributed by atoms with E-state index in [1.54, 1.807) is 0 Å². The monoisotopic (exact) mass is 374 g/mol. The van der Waals surface area contributed by atoms with Crippen LogP contribution in [-0.2, 0) is 4.79 Å². The fourth-order valence-electron chi connectivity index (χ4n) is 2.05. The second-order valence-corrected chi connectivity index (χ2v) is 6.07. The zero-order chi connectivity index (χ0) is 16.7. The van der Waals surface area contributed by atoms with E-state index in [1.807, 2.05) is 54.6 Å². The van der Waals surface area contributed by atoms with Gasteiger partial charge in [0.25, 0.3) is 0 Å². The number of amides is 1. The van der Waals surface area contributed by atoms with Crippen LogP contribution >= 0.6 is 15.9 Å². The van der Waals surface area contributed by atoms with Gasteiger partial charge in [-0.05, 0) is 35.8 Å². The van der Waals surface area contributed by atoms with Crippen LogP contribution in [0.15, 0.2) is 71.2 Å². The summed E-state index contributed by atoms with van der Waals surface area (Å²) in [6, 6.07) is 16.8. The van der Waals surface area contributed by atoms with E-state index in [9.17, 15) is 9.90 Å². The quantitative estimate of drug-likeness (QED) is 0.507. The van der Waals surface area contributed by atoms with Crippen LogP contribution in [0.3, 0.4) is 0 Å². The summed E-state index contributed by atoms with van der Waals surface area (Å²) in [4.78, 5) is 11.9. The molecule has 0 aliphatic rings. The smallest absolute Gasteiger partial charge is 0.238 e. The molecule has 0 aliphatic heterocycles. The van der Waals surface area contributed by atoms with Gasteiger partial charge >= 0.3 is 0 Å². The normalized spacial score (nSPS) is 11.6. The Morgan fingerprint density at radius 3 is 2.57 bits per heavy atom. The number of benzene rings is 2. The van der Waals surface area contributed by atoms with E-state index < -0.39 is 6.10 Å². The third-order valence-corrected chi connectivity index (χ3v) is 3.84. The number of hydrogen-bond donors (Lipinski definition) is 3. The molecular formula is C18H19BrN2O2. The molecule has 0 spiro atoms. The number of aliphatic hydroxyl groups is 1. The molecule has 0 aliphatic carbocycles. The molecule has 2 aromatic rings. The van der Waals surface area contributed by atoms with Crippen LogP contribution in [0.4, 0.5) is 5.69 Å². The number of carbonyl (C=O) groups excluding carboxylic acids is 1. The Balaban J connectivity index is 1.76. The third-order valence-electron chi connectivity index (χ3n) is 3.35. The molecule has 23 heavy (non-hydrogen) atoms. The SMILES string of the molecule is C=C(CCC(=O)NNc1cccc(Br)c1)C(O)c1ccccc1. The predicted molar refractivity (Wildman–Crippen MR) is 95.7 cm³/mol. The molecule has 0 saturated heterocycles. The Bertz CT molecular complexity index is 674. The number of hydrazine groups is 1. The summed E-state index contributed by atoms with van der Waals surface area (Å²) in [5.74, 6) is -0.161. The highest BCUT2D eigenvalue weighted by Gasteiger charge is 2.12. The second-order valence-electron chi connectivity index (χ2n) is 5.15. The van der Waals surface area contributed by atoms with Crippen LogP contribution in [-0.4, -0.2) is 11.0 Å². The van der Waals surface area contributed by atoms with Crippen molar-refractivity contribution in [1.29, 1.82) is 0 Å². The standard InChI is InChI=1S/C18H19BrN2O2/c1-13(18(23)14-6-3-2-4-7-14)10-11-17(22)21-20-16-9-5-8-15(19)12-16/h2-9,12,18,20,23H,1,10-11H2,(H,21,22). The minimum absolute atomic E-state index is 0.161. The van der Waals surface area contributed by atoms with Crippen LogP contribution in [0, 0.1) is 0 Å². The van der Waals surface area contributed by atoms with Gasteiger partial charge in [0, 0.05) is 10.9 Å². The van der Waals surface area contributed by atoms with Crippen molar-refractivity contribution in [2.45, 2.75) is 18.9 Å². The van der Waals surface area contributed by atoms with E-state index in [0.717, 1.165) is 15.7 Å². The first-order valence-corrected chi connectivity index (χ1v) is 8.06. The first-order valence-electron chi connectivity index (χ1n) is 7.27. The molecule has 0 bridgehead atoms. The minimum atomic E-state index is -0.748. The summed E-state index contributed by atoms with van der Waals surface area (Å²) < 4.78 is 0.927. The van der Waals surface area contributed by atoms with Crippen molar-refractivity contribution in [3.8, 4) is 0 Å². The van der Waals surface area contributed by atoms with Gasteiger partial charge in [-0.2, -0.15) is 0 Å². The molecule has 2 rings (SSSR count). The fraction of sp³-hybridized carbons (Fsp3) is 0.167. The molecule has 3 N–H and O–H groups in total. The molecule has 2 aromatic carbocycles. The molecular weight excluding hydrogens is 356 g/mol. The highest BCUT2D eigenvalue weighted by molar-refractivity contribution is 9.10. The maximum atomic E-state index is 11.9. The average Bonchev–Trinajstić information content (AvgIpc) is 2.58. The molecule has 0 fully saturated rings. The summed E-state index contributed by atoms with van der Waals surface area (Å²) in [5, 5.41) is 10.2. The maximum Gasteiger partial charge on any atom is 0.238 e. The highest BCUT2D eigenvalue weighted by atomic mass is 79.9. The molecule has 0 heterocycles. The van der Waals surface area contributed by atoms with Crippen molar-refractivity contribution in [3.05, 3.63) is 76.8 Å². The van der Waals surface area contributed by atoms with Crippen LogP contribution in [0.2, 0.25) is 0 Å². The van der Waals surface area contributed by atoms with E-state index in [4.69, 9.17) is 0 Å². The molecule has 5 heteroatoms. The Morgan fingerprint density at radius 2 is 1.87 bits per heavy atom. The number of hydrogen-bond acceptors (Lipinski definition) is 3. The highest BCUT2D eigenvalue weighted by Crippen LogP contribution is 2.23. The lowest BCUT2D eigenvalue weighted by Crippen LogP contribution is -2.29. The average molecular weight is 375 g/mol. The molecule has 4 nitrogen and oxygen atoms in total. The molecule has 1 unspecified atom stereocenters. The van der Waals surface area contributed by atoms with Crippen molar-refractivity contribution in [2.75, 3.05) is 5.43 Å². The van der Waals surface area contributed by atoms with Gasteiger partial charge in [0.15, 0.2) is 0 Å². The number of carbonyl (C=O) groups is 1. The van der Waals surface area contributed by atoms with Gasteiger partial charge in [0.2, 0.25) is 5.91 Å².